The molecule has 0 aliphatic rings. The van der Waals surface area contributed by atoms with Crippen LogP contribution in [-0.2, 0) is 4.79 Å². The van der Waals surface area contributed by atoms with Crippen LogP contribution in [0.15, 0.2) is 72.8 Å². The molecule has 0 radical (unpaired) electrons. The van der Waals surface area contributed by atoms with Gasteiger partial charge in [-0.25, -0.2) is 0 Å². The summed E-state index contributed by atoms with van der Waals surface area (Å²) in [6.07, 6.45) is 0. The molecule has 28 heavy (non-hydrogen) atoms. The number of carbonyl (C=O) groups is 1. The smallest absolute Gasteiger partial charge is 0.238 e. The van der Waals surface area contributed by atoms with Gasteiger partial charge in [0, 0.05) is 5.02 Å². The minimum absolute atomic E-state index is 0.0891. The number of aryl methyl sites for hydroxylation is 1. The molecule has 4 nitrogen and oxygen atoms in total. The molecule has 0 heterocycles. The number of anilines is 1. The summed E-state index contributed by atoms with van der Waals surface area (Å²) < 4.78 is 5.28. The van der Waals surface area contributed by atoms with Gasteiger partial charge in [0.15, 0.2) is 0 Å². The summed E-state index contributed by atoms with van der Waals surface area (Å²) in [5.41, 5.74) is 3.94. The minimum atomic E-state index is -0.173. The molecular weight excluding hydrogens is 372 g/mol. The summed E-state index contributed by atoms with van der Waals surface area (Å²) in [5, 5.41) is 6.75. The third-order valence-electron chi connectivity index (χ3n) is 4.45. The number of halogens is 1. The molecule has 0 saturated heterocycles. The van der Waals surface area contributed by atoms with E-state index in [4.69, 9.17) is 16.3 Å². The highest BCUT2D eigenvalue weighted by Gasteiger charge is 2.16. The average Bonchev–Trinajstić information content (AvgIpc) is 2.70. The van der Waals surface area contributed by atoms with Crippen LogP contribution < -0.4 is 15.4 Å². The maximum atomic E-state index is 12.5. The highest BCUT2D eigenvalue weighted by atomic mass is 35.5. The summed E-state index contributed by atoms with van der Waals surface area (Å²) in [5.74, 6) is 0.393. The van der Waals surface area contributed by atoms with Crippen LogP contribution in [0.3, 0.4) is 0 Å². The molecule has 0 fully saturated rings. The zero-order valence-corrected chi connectivity index (χ0v) is 16.7. The van der Waals surface area contributed by atoms with Gasteiger partial charge in [-0.2, -0.15) is 0 Å². The lowest BCUT2D eigenvalue weighted by Crippen LogP contribution is -2.32. The Balaban J connectivity index is 1.74. The molecular formula is C23H23ClN2O2. The maximum absolute atomic E-state index is 12.5. The highest BCUT2D eigenvalue weighted by Crippen LogP contribution is 2.27. The normalized spacial score (nSPS) is 11.7. The van der Waals surface area contributed by atoms with Gasteiger partial charge in [-0.3, -0.25) is 10.1 Å². The van der Waals surface area contributed by atoms with E-state index in [-0.39, 0.29) is 18.5 Å². The highest BCUT2D eigenvalue weighted by molar-refractivity contribution is 6.31. The fraction of sp³-hybridized carbons (Fsp3) is 0.174. The number of methoxy groups -OCH3 is 1. The molecule has 1 amide bonds. The topological polar surface area (TPSA) is 50.4 Å². The second-order valence-electron chi connectivity index (χ2n) is 6.53. The van der Waals surface area contributed by atoms with Crippen LogP contribution in [0.4, 0.5) is 5.69 Å². The van der Waals surface area contributed by atoms with Crippen molar-refractivity contribution < 1.29 is 9.53 Å². The summed E-state index contributed by atoms with van der Waals surface area (Å²) in [7, 11) is 1.56. The molecule has 1 atom stereocenters. The Morgan fingerprint density at radius 3 is 2.36 bits per heavy atom. The summed E-state index contributed by atoms with van der Waals surface area (Å²) in [6, 6.07) is 23.4. The lowest BCUT2D eigenvalue weighted by atomic mass is 9.98. The molecule has 0 aliphatic heterocycles. The van der Waals surface area contributed by atoms with Crippen LogP contribution in [-0.4, -0.2) is 19.6 Å². The van der Waals surface area contributed by atoms with Gasteiger partial charge in [0.05, 0.1) is 25.4 Å². The predicted octanol–water partition coefficient (Wildman–Crippen LogP) is 4.97. The molecule has 3 rings (SSSR count). The molecule has 0 spiro atoms. The van der Waals surface area contributed by atoms with Gasteiger partial charge < -0.3 is 10.1 Å². The third-order valence-corrected chi connectivity index (χ3v) is 4.68. The molecule has 0 unspecified atom stereocenters. The van der Waals surface area contributed by atoms with E-state index >= 15 is 0 Å². The van der Waals surface area contributed by atoms with E-state index in [2.05, 4.69) is 54.0 Å². The van der Waals surface area contributed by atoms with Crippen molar-refractivity contribution in [3.05, 3.63) is 94.5 Å². The average molecular weight is 395 g/mol. The first-order valence-electron chi connectivity index (χ1n) is 9.05. The summed E-state index contributed by atoms with van der Waals surface area (Å²) in [6.45, 7) is 2.20. The van der Waals surface area contributed by atoms with Crippen LogP contribution in [0.25, 0.3) is 0 Å². The van der Waals surface area contributed by atoms with Crippen molar-refractivity contribution in [1.29, 1.82) is 0 Å². The maximum Gasteiger partial charge on any atom is 0.238 e. The van der Waals surface area contributed by atoms with Crippen molar-refractivity contribution in [3.63, 3.8) is 0 Å². The van der Waals surface area contributed by atoms with Gasteiger partial charge in [-0.1, -0.05) is 71.8 Å². The van der Waals surface area contributed by atoms with Crippen molar-refractivity contribution in [2.45, 2.75) is 13.0 Å². The zero-order chi connectivity index (χ0) is 19.9. The minimum Gasteiger partial charge on any atom is -0.495 e. The van der Waals surface area contributed by atoms with Crippen molar-refractivity contribution in [3.8, 4) is 5.75 Å². The quantitative estimate of drug-likeness (QED) is 0.594. The van der Waals surface area contributed by atoms with E-state index in [9.17, 15) is 4.79 Å². The zero-order valence-electron chi connectivity index (χ0n) is 15.9. The van der Waals surface area contributed by atoms with Crippen LogP contribution in [0.1, 0.15) is 22.7 Å². The van der Waals surface area contributed by atoms with Crippen molar-refractivity contribution >= 4 is 23.2 Å². The Hall–Kier alpha value is -2.82. The SMILES string of the molecule is COc1ccc(Cl)cc1NC(=O)CN[C@@H](c1ccccc1)c1ccc(C)cc1. The van der Waals surface area contributed by atoms with E-state index in [1.54, 1.807) is 25.3 Å². The van der Waals surface area contributed by atoms with E-state index < -0.39 is 0 Å². The van der Waals surface area contributed by atoms with E-state index in [0.29, 0.717) is 16.5 Å². The monoisotopic (exact) mass is 394 g/mol. The van der Waals surface area contributed by atoms with Crippen LogP contribution in [0.5, 0.6) is 5.75 Å². The van der Waals surface area contributed by atoms with Gasteiger partial charge in [0.2, 0.25) is 5.91 Å². The number of carbonyl (C=O) groups excluding carboxylic acids is 1. The van der Waals surface area contributed by atoms with Gasteiger partial charge in [0.25, 0.3) is 0 Å². The van der Waals surface area contributed by atoms with Crippen LogP contribution >= 0.6 is 11.6 Å². The lowest BCUT2D eigenvalue weighted by Gasteiger charge is -2.20. The Labute approximate surface area is 170 Å². The number of hydrogen-bond acceptors (Lipinski definition) is 3. The fourth-order valence-corrected chi connectivity index (χ4v) is 3.17. The van der Waals surface area contributed by atoms with Crippen molar-refractivity contribution in [1.82, 2.24) is 5.32 Å². The van der Waals surface area contributed by atoms with Crippen LogP contribution in [0, 0.1) is 6.92 Å². The van der Waals surface area contributed by atoms with Gasteiger partial charge in [-0.05, 0) is 36.2 Å². The van der Waals surface area contributed by atoms with Crippen LogP contribution in [0.2, 0.25) is 5.02 Å². The summed E-state index contributed by atoms with van der Waals surface area (Å²) in [4.78, 5) is 12.5. The van der Waals surface area contributed by atoms with Crippen molar-refractivity contribution in [2.75, 3.05) is 19.0 Å². The largest absolute Gasteiger partial charge is 0.495 e. The number of rotatable bonds is 7. The Bertz CT molecular complexity index is 927. The predicted molar refractivity (Wildman–Crippen MR) is 114 cm³/mol. The molecule has 2 N–H and O–H groups in total. The molecule has 0 aromatic heterocycles. The van der Waals surface area contributed by atoms with Crippen molar-refractivity contribution in [2.24, 2.45) is 0 Å². The molecule has 0 saturated carbocycles. The molecule has 5 heteroatoms. The first-order chi connectivity index (χ1) is 13.6. The third kappa shape index (κ3) is 5.12. The first kappa shape index (κ1) is 19.9. The number of amides is 1. The Morgan fingerprint density at radius 2 is 1.68 bits per heavy atom. The summed E-state index contributed by atoms with van der Waals surface area (Å²) >= 11 is 6.04. The number of benzene rings is 3. The van der Waals surface area contributed by atoms with Gasteiger partial charge in [-0.15, -0.1) is 0 Å². The lowest BCUT2D eigenvalue weighted by molar-refractivity contribution is -0.115. The molecule has 0 bridgehead atoms. The molecule has 0 aliphatic carbocycles. The second-order valence-corrected chi connectivity index (χ2v) is 6.96. The van der Waals surface area contributed by atoms with Gasteiger partial charge >= 0.3 is 0 Å². The van der Waals surface area contributed by atoms with E-state index in [1.165, 1.54) is 5.56 Å². The molecule has 144 valence electrons. The second kappa shape index (κ2) is 9.40. The first-order valence-corrected chi connectivity index (χ1v) is 9.43. The number of nitrogens with one attached hydrogen (secondary N) is 2. The van der Waals surface area contributed by atoms with E-state index in [0.717, 1.165) is 11.1 Å². The number of ether oxygens (including phenoxy) is 1. The molecule has 3 aromatic carbocycles. The Kier molecular flexibility index (Phi) is 6.69. The van der Waals surface area contributed by atoms with E-state index in [1.807, 2.05) is 18.2 Å². The number of hydrogen-bond donors (Lipinski definition) is 2. The fourth-order valence-electron chi connectivity index (χ4n) is 3.00. The standard InChI is InChI=1S/C23H23ClN2O2/c1-16-8-10-18(11-9-16)23(17-6-4-3-5-7-17)25-15-22(27)26-20-14-19(24)12-13-21(20)28-2/h3-14,23,25H,15H2,1-2H3,(H,26,27)/t23-/m0/s1. The Morgan fingerprint density at radius 1 is 1.00 bits per heavy atom. The van der Waals surface area contributed by atoms with Gasteiger partial charge in [0.1, 0.15) is 5.75 Å². The molecule has 3 aromatic rings.